The van der Waals surface area contributed by atoms with Crippen LogP contribution in [0.15, 0.2) is 0 Å². The number of unbranched alkanes of at least 4 members (excludes halogenated alkanes) is 1. The molecule has 0 aliphatic carbocycles. The topological polar surface area (TPSA) is 102 Å². The Morgan fingerprint density at radius 2 is 2.24 bits per heavy atom. The van der Waals surface area contributed by atoms with E-state index < -0.39 is 24.0 Å². The number of aliphatic carboxylic acids is 1. The number of rotatable bonds is 6. The van der Waals surface area contributed by atoms with Crippen LogP contribution in [0.3, 0.4) is 0 Å². The highest BCUT2D eigenvalue weighted by atomic mass is 16.5. The first-order valence-electron chi connectivity index (χ1n) is 5.92. The van der Waals surface area contributed by atoms with Crippen molar-refractivity contribution in [3.8, 4) is 0 Å². The molecule has 1 saturated heterocycles. The third-order valence-corrected chi connectivity index (χ3v) is 2.93. The molecule has 1 rings (SSSR count). The number of carboxylic acids is 1. The molecule has 0 aromatic heterocycles. The highest BCUT2D eigenvalue weighted by molar-refractivity contribution is 5.82. The molecule has 0 aromatic carbocycles. The van der Waals surface area contributed by atoms with Crippen LogP contribution in [0.2, 0.25) is 0 Å². The number of carboxylic acid groups (broad SMARTS) is 1. The van der Waals surface area contributed by atoms with Gasteiger partial charge in [0.2, 0.25) is 5.91 Å². The smallest absolute Gasteiger partial charge is 0.311 e. The van der Waals surface area contributed by atoms with E-state index in [1.165, 1.54) is 0 Å². The predicted molar refractivity (Wildman–Crippen MR) is 61.4 cm³/mol. The summed E-state index contributed by atoms with van der Waals surface area (Å²) in [6.45, 7) is 2.41. The van der Waals surface area contributed by atoms with E-state index in [0.717, 1.165) is 12.8 Å². The largest absolute Gasteiger partial charge is 0.481 e. The van der Waals surface area contributed by atoms with Gasteiger partial charge < -0.3 is 20.9 Å². The third-order valence-electron chi connectivity index (χ3n) is 2.93. The first kappa shape index (κ1) is 13.9. The van der Waals surface area contributed by atoms with Crippen LogP contribution < -0.4 is 11.1 Å². The SMILES string of the molecule is CCCCC(N)C(=O)NC1COCC1C(=O)O. The van der Waals surface area contributed by atoms with E-state index in [1.54, 1.807) is 0 Å². The molecule has 0 radical (unpaired) electrons. The number of carbonyl (C=O) groups is 2. The second-order valence-corrected chi connectivity index (χ2v) is 4.35. The molecule has 1 aliphatic heterocycles. The van der Waals surface area contributed by atoms with Crippen molar-refractivity contribution < 1.29 is 19.4 Å². The minimum absolute atomic E-state index is 0.143. The number of hydrogen-bond donors (Lipinski definition) is 3. The lowest BCUT2D eigenvalue weighted by molar-refractivity contribution is -0.142. The molecule has 3 atom stereocenters. The van der Waals surface area contributed by atoms with Gasteiger partial charge >= 0.3 is 5.97 Å². The molecule has 1 aliphatic rings. The Hall–Kier alpha value is -1.14. The van der Waals surface area contributed by atoms with Gasteiger partial charge in [-0.2, -0.15) is 0 Å². The Morgan fingerprint density at radius 1 is 1.53 bits per heavy atom. The fourth-order valence-corrected chi connectivity index (χ4v) is 1.78. The maximum Gasteiger partial charge on any atom is 0.311 e. The van der Waals surface area contributed by atoms with Gasteiger partial charge in [0.1, 0.15) is 5.92 Å². The van der Waals surface area contributed by atoms with E-state index in [-0.39, 0.29) is 19.1 Å². The summed E-state index contributed by atoms with van der Waals surface area (Å²) in [7, 11) is 0. The summed E-state index contributed by atoms with van der Waals surface area (Å²) in [5.41, 5.74) is 5.70. The van der Waals surface area contributed by atoms with Crippen molar-refractivity contribution in [1.29, 1.82) is 0 Å². The second-order valence-electron chi connectivity index (χ2n) is 4.35. The molecule has 3 unspecified atom stereocenters. The first-order chi connectivity index (χ1) is 8.06. The molecule has 1 heterocycles. The zero-order chi connectivity index (χ0) is 12.8. The van der Waals surface area contributed by atoms with Crippen molar-refractivity contribution in [2.75, 3.05) is 13.2 Å². The summed E-state index contributed by atoms with van der Waals surface area (Å²) < 4.78 is 5.06. The zero-order valence-corrected chi connectivity index (χ0v) is 10.0. The van der Waals surface area contributed by atoms with E-state index in [0.29, 0.717) is 6.42 Å². The second kappa shape index (κ2) is 6.56. The van der Waals surface area contributed by atoms with Crippen LogP contribution >= 0.6 is 0 Å². The summed E-state index contributed by atoms with van der Waals surface area (Å²) >= 11 is 0. The van der Waals surface area contributed by atoms with E-state index >= 15 is 0 Å². The minimum atomic E-state index is -0.949. The van der Waals surface area contributed by atoms with Crippen molar-refractivity contribution in [2.45, 2.75) is 38.3 Å². The minimum Gasteiger partial charge on any atom is -0.481 e. The molecule has 98 valence electrons. The standard InChI is InChI=1S/C11H20N2O4/c1-2-3-4-8(12)10(14)13-9-6-17-5-7(9)11(15)16/h7-9H,2-6,12H2,1H3,(H,13,14)(H,15,16). The van der Waals surface area contributed by atoms with E-state index in [2.05, 4.69) is 5.32 Å². The molecule has 1 amide bonds. The number of nitrogens with two attached hydrogens (primary N) is 1. The highest BCUT2D eigenvalue weighted by Crippen LogP contribution is 2.14. The highest BCUT2D eigenvalue weighted by Gasteiger charge is 2.35. The molecular weight excluding hydrogens is 224 g/mol. The van der Waals surface area contributed by atoms with Gasteiger partial charge in [-0.25, -0.2) is 0 Å². The maximum atomic E-state index is 11.7. The van der Waals surface area contributed by atoms with Crippen LogP contribution in [0.5, 0.6) is 0 Å². The molecular formula is C11H20N2O4. The summed E-state index contributed by atoms with van der Waals surface area (Å²) in [5, 5.41) is 11.6. The molecule has 1 fully saturated rings. The van der Waals surface area contributed by atoms with Crippen LogP contribution in [0.4, 0.5) is 0 Å². The van der Waals surface area contributed by atoms with Gasteiger partial charge in [-0.15, -0.1) is 0 Å². The summed E-state index contributed by atoms with van der Waals surface area (Å²) in [6, 6.07) is -1.03. The summed E-state index contributed by atoms with van der Waals surface area (Å²) in [5.74, 6) is -1.91. The van der Waals surface area contributed by atoms with Crippen molar-refractivity contribution in [3.05, 3.63) is 0 Å². The van der Waals surface area contributed by atoms with Gasteiger partial charge in [0.15, 0.2) is 0 Å². The lowest BCUT2D eigenvalue weighted by Crippen LogP contribution is -2.49. The Kier molecular flexibility index (Phi) is 5.37. The molecule has 0 saturated carbocycles. The predicted octanol–water partition coefficient (Wildman–Crippen LogP) is -0.280. The van der Waals surface area contributed by atoms with Gasteiger partial charge in [-0.05, 0) is 6.42 Å². The molecule has 4 N–H and O–H groups in total. The summed E-state index contributed by atoms with van der Waals surface area (Å²) in [4.78, 5) is 22.6. The molecule has 0 bridgehead atoms. The first-order valence-corrected chi connectivity index (χ1v) is 5.92. The van der Waals surface area contributed by atoms with Crippen molar-refractivity contribution in [2.24, 2.45) is 11.7 Å². The number of nitrogens with one attached hydrogen (secondary N) is 1. The average molecular weight is 244 g/mol. The van der Waals surface area contributed by atoms with Gasteiger partial charge in [0, 0.05) is 0 Å². The van der Waals surface area contributed by atoms with E-state index in [9.17, 15) is 9.59 Å². The Bertz CT molecular complexity index is 283. The maximum absolute atomic E-state index is 11.7. The zero-order valence-electron chi connectivity index (χ0n) is 10.0. The van der Waals surface area contributed by atoms with E-state index in [1.807, 2.05) is 6.92 Å². The lowest BCUT2D eigenvalue weighted by atomic mass is 10.0. The normalized spacial score (nSPS) is 25.5. The van der Waals surface area contributed by atoms with Gasteiger partial charge in [-0.1, -0.05) is 19.8 Å². The fraction of sp³-hybridized carbons (Fsp3) is 0.818. The molecule has 6 nitrogen and oxygen atoms in total. The van der Waals surface area contributed by atoms with Crippen molar-refractivity contribution >= 4 is 11.9 Å². The van der Waals surface area contributed by atoms with Crippen LogP contribution in [-0.4, -0.2) is 42.3 Å². The number of amides is 1. The summed E-state index contributed by atoms with van der Waals surface area (Å²) in [6.07, 6.45) is 2.48. The third kappa shape index (κ3) is 3.98. The Morgan fingerprint density at radius 3 is 2.82 bits per heavy atom. The Labute approximate surface area is 101 Å². The van der Waals surface area contributed by atoms with Crippen LogP contribution in [0, 0.1) is 5.92 Å². The number of hydrogen-bond acceptors (Lipinski definition) is 4. The quantitative estimate of drug-likeness (QED) is 0.596. The molecule has 0 aromatic rings. The van der Waals surface area contributed by atoms with Gasteiger partial charge in [0.05, 0.1) is 25.3 Å². The van der Waals surface area contributed by atoms with E-state index in [4.69, 9.17) is 15.6 Å². The number of ether oxygens (including phenoxy) is 1. The molecule has 0 spiro atoms. The lowest BCUT2D eigenvalue weighted by Gasteiger charge is -2.18. The van der Waals surface area contributed by atoms with Crippen LogP contribution in [-0.2, 0) is 14.3 Å². The van der Waals surface area contributed by atoms with Crippen molar-refractivity contribution in [3.63, 3.8) is 0 Å². The van der Waals surface area contributed by atoms with Gasteiger partial charge in [-0.3, -0.25) is 9.59 Å². The fourth-order valence-electron chi connectivity index (χ4n) is 1.78. The van der Waals surface area contributed by atoms with Gasteiger partial charge in [0.25, 0.3) is 0 Å². The average Bonchev–Trinajstić information content (AvgIpc) is 2.73. The monoisotopic (exact) mass is 244 g/mol. The van der Waals surface area contributed by atoms with Crippen molar-refractivity contribution in [1.82, 2.24) is 5.32 Å². The number of carbonyl (C=O) groups excluding carboxylic acids is 1. The molecule has 17 heavy (non-hydrogen) atoms. The molecule has 6 heteroatoms. The van der Waals surface area contributed by atoms with Crippen LogP contribution in [0.1, 0.15) is 26.2 Å². The van der Waals surface area contributed by atoms with Crippen LogP contribution in [0.25, 0.3) is 0 Å². The Balaban J connectivity index is 2.42.